The van der Waals surface area contributed by atoms with Crippen molar-refractivity contribution in [3.8, 4) is 17.3 Å². The highest BCUT2D eigenvalue weighted by molar-refractivity contribution is 7.98. The van der Waals surface area contributed by atoms with Gasteiger partial charge in [-0.25, -0.2) is 10.1 Å². The number of rotatable bonds is 11. The van der Waals surface area contributed by atoms with Gasteiger partial charge in [0.25, 0.3) is 5.91 Å². The number of benzene rings is 2. The molecule has 0 unspecified atom stereocenters. The first kappa shape index (κ1) is 25.7. The highest BCUT2D eigenvalue weighted by atomic mass is 32.2. The molecule has 2 aromatic carbocycles. The zero-order valence-corrected chi connectivity index (χ0v) is 21.4. The molecule has 1 amide bonds. The lowest BCUT2D eigenvalue weighted by molar-refractivity contribution is 0.0949. The van der Waals surface area contributed by atoms with Crippen molar-refractivity contribution in [2.45, 2.75) is 30.9 Å². The first-order chi connectivity index (χ1) is 18.0. The van der Waals surface area contributed by atoms with E-state index in [1.165, 1.54) is 16.4 Å². The minimum absolute atomic E-state index is 0.0250. The van der Waals surface area contributed by atoms with Gasteiger partial charge < -0.3 is 15.2 Å². The van der Waals surface area contributed by atoms with E-state index in [1.54, 1.807) is 20.1 Å². The van der Waals surface area contributed by atoms with E-state index >= 15 is 0 Å². The third-order valence-electron chi connectivity index (χ3n) is 5.16. The van der Waals surface area contributed by atoms with Crippen LogP contribution in [0, 0.1) is 0 Å². The van der Waals surface area contributed by atoms with Crippen LogP contribution in [0.4, 0.5) is 5.82 Å². The molecular weight excluding hydrogens is 496 g/mol. The fourth-order valence-electron chi connectivity index (χ4n) is 3.26. The zero-order chi connectivity index (χ0) is 26.2. The van der Waals surface area contributed by atoms with E-state index in [9.17, 15) is 4.79 Å². The predicted molar refractivity (Wildman–Crippen MR) is 138 cm³/mol. The van der Waals surface area contributed by atoms with Gasteiger partial charge in [-0.3, -0.25) is 4.79 Å². The molecule has 0 saturated carbocycles. The molecule has 0 aliphatic rings. The van der Waals surface area contributed by atoms with Crippen LogP contribution in [0.25, 0.3) is 5.82 Å². The van der Waals surface area contributed by atoms with E-state index < -0.39 is 5.91 Å². The normalized spacial score (nSPS) is 11.4. The van der Waals surface area contributed by atoms with Crippen molar-refractivity contribution in [1.29, 1.82) is 0 Å². The van der Waals surface area contributed by atoms with Crippen molar-refractivity contribution in [1.82, 2.24) is 30.7 Å². The lowest BCUT2D eigenvalue weighted by Crippen LogP contribution is -2.21. The minimum atomic E-state index is -0.542. The van der Waals surface area contributed by atoms with Crippen LogP contribution in [0.1, 0.15) is 42.0 Å². The first-order valence-corrected chi connectivity index (χ1v) is 12.4. The van der Waals surface area contributed by atoms with E-state index in [-0.39, 0.29) is 17.3 Å². The average Bonchev–Trinajstić information content (AvgIpc) is 3.55. The average molecular weight is 523 g/mol. The maximum Gasteiger partial charge on any atom is 0.293 e. The van der Waals surface area contributed by atoms with Gasteiger partial charge in [-0.05, 0) is 54.0 Å². The van der Waals surface area contributed by atoms with Crippen molar-refractivity contribution < 1.29 is 18.9 Å². The maximum absolute atomic E-state index is 13.1. The van der Waals surface area contributed by atoms with Crippen molar-refractivity contribution in [3.63, 3.8) is 0 Å². The van der Waals surface area contributed by atoms with Crippen molar-refractivity contribution in [2.75, 3.05) is 19.5 Å². The number of hydrogen-bond acceptors (Lipinski definition) is 11. The summed E-state index contributed by atoms with van der Waals surface area (Å²) in [7, 11) is 1.57. The largest absolute Gasteiger partial charge is 0.493 e. The molecule has 0 radical (unpaired) electrons. The molecule has 4 aromatic rings. The molecule has 192 valence electrons. The fourth-order valence-corrected chi connectivity index (χ4v) is 4.17. The van der Waals surface area contributed by atoms with Crippen LogP contribution in [-0.4, -0.2) is 50.6 Å². The second kappa shape index (κ2) is 12.0. The number of amides is 1. The van der Waals surface area contributed by atoms with E-state index in [1.807, 2.05) is 49.4 Å². The number of methoxy groups -OCH3 is 1. The third kappa shape index (κ3) is 6.06. The predicted octanol–water partition coefficient (Wildman–Crippen LogP) is 3.48. The Kier molecular flexibility index (Phi) is 8.36. The molecule has 13 heteroatoms. The van der Waals surface area contributed by atoms with Gasteiger partial charge in [0.1, 0.15) is 0 Å². The summed E-state index contributed by atoms with van der Waals surface area (Å²) in [6.07, 6.45) is 0.883. The van der Waals surface area contributed by atoms with Crippen LogP contribution < -0.4 is 20.6 Å². The number of aromatic nitrogens is 5. The van der Waals surface area contributed by atoms with Crippen LogP contribution in [0.3, 0.4) is 0 Å². The molecule has 0 spiro atoms. The molecule has 0 aliphatic heterocycles. The van der Waals surface area contributed by atoms with Gasteiger partial charge in [0.15, 0.2) is 17.2 Å². The number of thioether (sulfide) groups is 1. The minimum Gasteiger partial charge on any atom is -0.493 e. The SMILES string of the molecule is CCCOc1ccc(C(C)=NNC(=O)c2nnn(-c3nonc3N)c2CSc2ccccc2)cc1OC. The number of nitrogen functional groups attached to an aromatic ring is 1. The Balaban J connectivity index is 1.56. The number of carbonyl (C=O) groups is 1. The lowest BCUT2D eigenvalue weighted by atomic mass is 10.1. The van der Waals surface area contributed by atoms with Gasteiger partial charge in [-0.1, -0.05) is 30.3 Å². The number of ether oxygens (including phenoxy) is 2. The summed E-state index contributed by atoms with van der Waals surface area (Å²) >= 11 is 1.50. The number of anilines is 1. The van der Waals surface area contributed by atoms with Gasteiger partial charge in [-0.2, -0.15) is 9.78 Å². The topological polar surface area (TPSA) is 156 Å². The molecule has 37 heavy (non-hydrogen) atoms. The third-order valence-corrected chi connectivity index (χ3v) is 6.18. The van der Waals surface area contributed by atoms with Gasteiger partial charge >= 0.3 is 0 Å². The monoisotopic (exact) mass is 522 g/mol. The number of hydrazone groups is 1. The van der Waals surface area contributed by atoms with Crippen molar-refractivity contribution >= 4 is 29.2 Å². The van der Waals surface area contributed by atoms with Crippen molar-refractivity contribution in [2.24, 2.45) is 5.10 Å². The molecular formula is C24H26N8O4S. The maximum atomic E-state index is 13.1. The van der Waals surface area contributed by atoms with E-state index in [0.29, 0.717) is 35.3 Å². The summed E-state index contributed by atoms with van der Waals surface area (Å²) in [6.45, 7) is 4.38. The summed E-state index contributed by atoms with van der Waals surface area (Å²) in [5.41, 5.74) is 10.3. The smallest absolute Gasteiger partial charge is 0.293 e. The summed E-state index contributed by atoms with van der Waals surface area (Å²) in [5.74, 6) is 1.20. The highest BCUT2D eigenvalue weighted by Gasteiger charge is 2.24. The van der Waals surface area contributed by atoms with Gasteiger partial charge in [0, 0.05) is 16.2 Å². The number of nitrogens with two attached hydrogens (primary N) is 1. The second-order valence-corrected chi connectivity index (χ2v) is 8.77. The number of nitrogens with one attached hydrogen (secondary N) is 1. The van der Waals surface area contributed by atoms with Crippen LogP contribution in [-0.2, 0) is 5.75 Å². The molecule has 0 bridgehead atoms. The zero-order valence-electron chi connectivity index (χ0n) is 20.5. The van der Waals surface area contributed by atoms with Crippen molar-refractivity contribution in [3.05, 3.63) is 65.5 Å². The Labute approximate surface area is 217 Å². The van der Waals surface area contributed by atoms with E-state index in [4.69, 9.17) is 19.8 Å². The van der Waals surface area contributed by atoms with Crippen LogP contribution >= 0.6 is 11.8 Å². The molecule has 4 rings (SSSR count). The second-order valence-electron chi connectivity index (χ2n) is 7.72. The Bertz CT molecular complexity index is 1390. The van der Waals surface area contributed by atoms with Crippen LogP contribution in [0.2, 0.25) is 0 Å². The molecule has 0 fully saturated rings. The summed E-state index contributed by atoms with van der Waals surface area (Å²) in [5, 5.41) is 19.8. The fraction of sp³-hybridized carbons (Fsp3) is 0.250. The summed E-state index contributed by atoms with van der Waals surface area (Å²) < 4.78 is 17.2. The number of hydrogen-bond donors (Lipinski definition) is 2. The molecule has 0 aliphatic carbocycles. The summed E-state index contributed by atoms with van der Waals surface area (Å²) in [4.78, 5) is 14.1. The first-order valence-electron chi connectivity index (χ1n) is 11.4. The van der Waals surface area contributed by atoms with Gasteiger partial charge in [-0.15, -0.1) is 16.9 Å². The van der Waals surface area contributed by atoms with Crippen LogP contribution in [0.5, 0.6) is 11.5 Å². The van der Waals surface area contributed by atoms with Gasteiger partial charge in [0.05, 0.1) is 25.1 Å². The van der Waals surface area contributed by atoms with Gasteiger partial charge in [0.2, 0.25) is 11.6 Å². The quantitative estimate of drug-likeness (QED) is 0.170. The Morgan fingerprint density at radius 1 is 1.19 bits per heavy atom. The lowest BCUT2D eigenvalue weighted by Gasteiger charge is -2.11. The van der Waals surface area contributed by atoms with E-state index in [0.717, 1.165) is 16.9 Å². The molecule has 3 N–H and O–H groups in total. The standard InChI is InChI=1S/C24H26N8O4S/c1-4-12-35-19-11-10-16(13-20(19)34-3)15(2)26-28-24(33)21-18(14-37-17-8-6-5-7-9-17)32(31-27-21)23-22(25)29-36-30-23/h5-11,13H,4,12,14H2,1-3H3,(H2,25,29)(H,28,33). The molecule has 2 heterocycles. The summed E-state index contributed by atoms with van der Waals surface area (Å²) in [6, 6.07) is 15.2. The molecule has 0 saturated heterocycles. The highest BCUT2D eigenvalue weighted by Crippen LogP contribution is 2.29. The number of nitrogens with zero attached hydrogens (tertiary/aromatic N) is 6. The Morgan fingerprint density at radius 3 is 2.70 bits per heavy atom. The van der Waals surface area contributed by atoms with Crippen LogP contribution in [0.15, 0.2) is 63.2 Å². The molecule has 12 nitrogen and oxygen atoms in total. The molecule has 2 aromatic heterocycles. The van der Waals surface area contributed by atoms with E-state index in [2.05, 4.69) is 31.2 Å². The Morgan fingerprint density at radius 2 is 2.00 bits per heavy atom. The Hall–Kier alpha value is -4.39. The molecule has 0 atom stereocenters. The number of carbonyl (C=O) groups excluding carboxylic acids is 1.